The Morgan fingerprint density at radius 3 is 2.50 bits per heavy atom. The van der Waals surface area contributed by atoms with E-state index in [9.17, 15) is 13.2 Å². The van der Waals surface area contributed by atoms with E-state index in [0.29, 0.717) is 13.0 Å². The second kappa shape index (κ2) is 4.90. The topological polar surface area (TPSA) is 52.0 Å². The van der Waals surface area contributed by atoms with Crippen LogP contribution in [-0.2, 0) is 6.18 Å². The summed E-state index contributed by atoms with van der Waals surface area (Å²) in [6, 6.07) is 3.08. The maximum absolute atomic E-state index is 12.4. The predicted molar refractivity (Wildman–Crippen MR) is 56.4 cm³/mol. The third-order valence-electron chi connectivity index (χ3n) is 1.87. The SMILES string of the molecule is NCCC#Cc1cc(C(F)(F)F)ccc1N. The molecule has 0 aromatic heterocycles. The van der Waals surface area contributed by atoms with E-state index in [0.717, 1.165) is 12.1 Å². The van der Waals surface area contributed by atoms with Gasteiger partial charge in [-0.1, -0.05) is 11.8 Å². The van der Waals surface area contributed by atoms with Gasteiger partial charge in [0.1, 0.15) is 0 Å². The van der Waals surface area contributed by atoms with Gasteiger partial charge >= 0.3 is 6.18 Å². The Hall–Kier alpha value is -1.67. The van der Waals surface area contributed by atoms with Crippen molar-refractivity contribution in [2.24, 2.45) is 5.73 Å². The molecule has 86 valence electrons. The normalized spacial score (nSPS) is 10.8. The molecule has 0 spiro atoms. The molecule has 0 radical (unpaired) electrons. The van der Waals surface area contributed by atoms with Gasteiger partial charge in [-0.25, -0.2) is 0 Å². The highest BCUT2D eigenvalue weighted by Crippen LogP contribution is 2.30. The summed E-state index contributed by atoms with van der Waals surface area (Å²) in [6.07, 6.45) is -3.95. The molecule has 0 aliphatic heterocycles. The van der Waals surface area contributed by atoms with Gasteiger partial charge in [-0.15, -0.1) is 0 Å². The van der Waals surface area contributed by atoms with Gasteiger partial charge in [-0.05, 0) is 18.2 Å². The maximum atomic E-state index is 12.4. The molecule has 0 fully saturated rings. The molecule has 5 heteroatoms. The van der Waals surface area contributed by atoms with Crippen molar-refractivity contribution in [3.8, 4) is 11.8 Å². The van der Waals surface area contributed by atoms with Crippen LogP contribution in [0.3, 0.4) is 0 Å². The highest BCUT2D eigenvalue weighted by atomic mass is 19.4. The van der Waals surface area contributed by atoms with Crippen LogP contribution in [0.4, 0.5) is 18.9 Å². The molecule has 0 atom stereocenters. The molecule has 0 aliphatic carbocycles. The maximum Gasteiger partial charge on any atom is 0.416 e. The molecule has 0 heterocycles. The summed E-state index contributed by atoms with van der Waals surface area (Å²) >= 11 is 0. The lowest BCUT2D eigenvalue weighted by Crippen LogP contribution is -2.06. The molecule has 0 aliphatic rings. The van der Waals surface area contributed by atoms with Crippen molar-refractivity contribution in [2.45, 2.75) is 12.6 Å². The van der Waals surface area contributed by atoms with Gasteiger partial charge in [-0.3, -0.25) is 0 Å². The summed E-state index contributed by atoms with van der Waals surface area (Å²) < 4.78 is 37.1. The summed E-state index contributed by atoms with van der Waals surface area (Å²) in [6.45, 7) is 0.367. The first-order valence-electron chi connectivity index (χ1n) is 4.61. The Labute approximate surface area is 91.4 Å². The van der Waals surface area contributed by atoms with Crippen molar-refractivity contribution in [2.75, 3.05) is 12.3 Å². The number of halogens is 3. The largest absolute Gasteiger partial charge is 0.416 e. The zero-order chi connectivity index (χ0) is 12.2. The average Bonchev–Trinajstić information content (AvgIpc) is 2.19. The minimum atomic E-state index is -4.38. The summed E-state index contributed by atoms with van der Waals surface area (Å²) in [4.78, 5) is 0. The first-order chi connectivity index (χ1) is 7.45. The molecule has 0 bridgehead atoms. The summed E-state index contributed by atoms with van der Waals surface area (Å²) in [5.74, 6) is 5.22. The van der Waals surface area contributed by atoms with Gasteiger partial charge < -0.3 is 11.5 Å². The summed E-state index contributed by atoms with van der Waals surface area (Å²) in [7, 11) is 0. The lowest BCUT2D eigenvalue weighted by atomic mass is 10.1. The highest BCUT2D eigenvalue weighted by Gasteiger charge is 2.30. The zero-order valence-corrected chi connectivity index (χ0v) is 8.43. The first kappa shape index (κ1) is 12.4. The standard InChI is InChI=1S/C11H11F3N2/c12-11(13,14)9-4-5-10(16)8(7-9)3-1-2-6-15/h4-5,7H,2,6,15-16H2. The van der Waals surface area contributed by atoms with E-state index in [1.165, 1.54) is 6.07 Å². The van der Waals surface area contributed by atoms with E-state index < -0.39 is 11.7 Å². The fourth-order valence-corrected chi connectivity index (χ4v) is 1.07. The van der Waals surface area contributed by atoms with Crippen LogP contribution < -0.4 is 11.5 Å². The third-order valence-corrected chi connectivity index (χ3v) is 1.87. The first-order valence-corrected chi connectivity index (χ1v) is 4.61. The van der Waals surface area contributed by atoms with Crippen molar-refractivity contribution < 1.29 is 13.2 Å². The molecule has 16 heavy (non-hydrogen) atoms. The van der Waals surface area contributed by atoms with E-state index in [-0.39, 0.29) is 11.3 Å². The fraction of sp³-hybridized carbons (Fsp3) is 0.273. The van der Waals surface area contributed by atoms with Gasteiger partial charge in [0.25, 0.3) is 0 Å². The summed E-state index contributed by atoms with van der Waals surface area (Å²) in [5.41, 5.74) is 10.4. The molecule has 1 aromatic carbocycles. The minimum absolute atomic E-state index is 0.184. The Balaban J connectivity index is 3.06. The number of benzene rings is 1. The Morgan fingerprint density at radius 2 is 1.94 bits per heavy atom. The molecule has 0 unspecified atom stereocenters. The molecule has 0 saturated carbocycles. The number of nitrogens with two attached hydrogens (primary N) is 2. The Kier molecular flexibility index (Phi) is 3.80. The number of anilines is 1. The zero-order valence-electron chi connectivity index (χ0n) is 8.43. The Bertz CT molecular complexity index is 427. The molecule has 1 rings (SSSR count). The van der Waals surface area contributed by atoms with Crippen molar-refractivity contribution in [1.29, 1.82) is 0 Å². The van der Waals surface area contributed by atoms with Crippen LogP contribution in [0.15, 0.2) is 18.2 Å². The second-order valence-corrected chi connectivity index (χ2v) is 3.14. The fourth-order valence-electron chi connectivity index (χ4n) is 1.07. The van der Waals surface area contributed by atoms with E-state index in [1.54, 1.807) is 0 Å². The number of hydrogen-bond acceptors (Lipinski definition) is 2. The Morgan fingerprint density at radius 1 is 1.25 bits per heavy atom. The van der Waals surface area contributed by atoms with Crippen LogP contribution in [0.25, 0.3) is 0 Å². The van der Waals surface area contributed by atoms with Crippen molar-refractivity contribution in [3.63, 3.8) is 0 Å². The van der Waals surface area contributed by atoms with Gasteiger partial charge in [0.15, 0.2) is 0 Å². The van der Waals surface area contributed by atoms with Crippen LogP contribution in [-0.4, -0.2) is 6.54 Å². The van der Waals surface area contributed by atoms with Crippen LogP contribution in [0.2, 0.25) is 0 Å². The van der Waals surface area contributed by atoms with Gasteiger partial charge in [-0.2, -0.15) is 13.2 Å². The monoisotopic (exact) mass is 228 g/mol. The van der Waals surface area contributed by atoms with Gasteiger partial charge in [0.05, 0.1) is 5.56 Å². The van der Waals surface area contributed by atoms with E-state index in [4.69, 9.17) is 11.5 Å². The van der Waals surface area contributed by atoms with Crippen molar-refractivity contribution in [3.05, 3.63) is 29.3 Å². The van der Waals surface area contributed by atoms with Crippen LogP contribution in [0, 0.1) is 11.8 Å². The van der Waals surface area contributed by atoms with E-state index >= 15 is 0 Å². The highest BCUT2D eigenvalue weighted by molar-refractivity contribution is 5.57. The number of hydrogen-bond donors (Lipinski definition) is 2. The van der Waals surface area contributed by atoms with Crippen LogP contribution in [0.5, 0.6) is 0 Å². The predicted octanol–water partition coefficient (Wildman–Crippen LogP) is 1.99. The quantitative estimate of drug-likeness (QED) is 0.570. The summed E-state index contributed by atoms with van der Waals surface area (Å²) in [5, 5.41) is 0. The molecule has 4 N–H and O–H groups in total. The second-order valence-electron chi connectivity index (χ2n) is 3.14. The number of rotatable bonds is 1. The van der Waals surface area contributed by atoms with Crippen molar-refractivity contribution in [1.82, 2.24) is 0 Å². The number of nitrogen functional groups attached to an aromatic ring is 1. The lowest BCUT2D eigenvalue weighted by molar-refractivity contribution is -0.137. The van der Waals surface area contributed by atoms with E-state index in [1.807, 2.05) is 0 Å². The van der Waals surface area contributed by atoms with Gasteiger partial charge in [0.2, 0.25) is 0 Å². The van der Waals surface area contributed by atoms with Gasteiger partial charge in [0, 0.05) is 24.2 Å². The molecule has 1 aromatic rings. The smallest absolute Gasteiger partial charge is 0.398 e. The lowest BCUT2D eigenvalue weighted by Gasteiger charge is -2.07. The van der Waals surface area contributed by atoms with Crippen LogP contribution in [0.1, 0.15) is 17.5 Å². The van der Waals surface area contributed by atoms with E-state index in [2.05, 4.69) is 11.8 Å². The number of alkyl halides is 3. The third kappa shape index (κ3) is 3.17. The minimum Gasteiger partial charge on any atom is -0.398 e. The molecule has 0 saturated heterocycles. The molecule has 2 nitrogen and oxygen atoms in total. The van der Waals surface area contributed by atoms with Crippen molar-refractivity contribution >= 4 is 5.69 Å². The molecular weight excluding hydrogens is 217 g/mol. The molecular formula is C11H11F3N2. The van der Waals surface area contributed by atoms with Crippen LogP contribution >= 0.6 is 0 Å². The average molecular weight is 228 g/mol. The molecule has 0 amide bonds.